The maximum Gasteiger partial charge on any atom is 0.294 e. The van der Waals surface area contributed by atoms with E-state index in [4.69, 9.17) is 31.8 Å². The molecule has 11 heteroatoms. The molecular weight excluding hydrogens is 396 g/mol. The molecule has 146 valence electrons. The van der Waals surface area contributed by atoms with Crippen LogP contribution < -0.4 is 16.0 Å². The summed E-state index contributed by atoms with van der Waals surface area (Å²) in [5.74, 6) is 0.384. The van der Waals surface area contributed by atoms with Crippen LogP contribution in [0.1, 0.15) is 11.1 Å². The molecule has 2 rings (SSSR count). The number of hydrogen-bond acceptors (Lipinski definition) is 6. The van der Waals surface area contributed by atoms with E-state index in [9.17, 15) is 8.42 Å². The molecule has 0 saturated heterocycles. The van der Waals surface area contributed by atoms with E-state index in [1.54, 1.807) is 35.8 Å². The van der Waals surface area contributed by atoms with E-state index in [0.29, 0.717) is 10.8 Å². The normalized spacial score (nSPS) is 11.7. The standard InChI is InChI=1S/C9H11ClN4O2.C7H8O3S/c1-16-8-3-2-6(4-7(8)10)5-12-13-9(11)14-15;1-6-2-4-7(5-3-6)11(8,9)10/h2-5,15H,1H3,(H3,11,13,14);2-5H,1H3,(H,8,9,10)/b12-5+;. The van der Waals surface area contributed by atoms with E-state index < -0.39 is 10.1 Å². The first kappa shape index (κ1) is 22.4. The summed E-state index contributed by atoms with van der Waals surface area (Å²) in [5, 5.41) is 15.9. The summed E-state index contributed by atoms with van der Waals surface area (Å²) >= 11 is 5.90. The average Bonchev–Trinajstić information content (AvgIpc) is 2.62. The summed E-state index contributed by atoms with van der Waals surface area (Å²) in [6.45, 7) is 1.84. The van der Waals surface area contributed by atoms with Crippen LogP contribution >= 0.6 is 11.6 Å². The fourth-order valence-electron chi connectivity index (χ4n) is 1.65. The summed E-state index contributed by atoms with van der Waals surface area (Å²) in [5.41, 5.74) is 8.48. The second-order valence-electron chi connectivity index (χ2n) is 5.02. The third-order valence-corrected chi connectivity index (χ3v) is 4.14. The van der Waals surface area contributed by atoms with Gasteiger partial charge in [0.1, 0.15) is 5.75 Å². The van der Waals surface area contributed by atoms with E-state index in [1.807, 2.05) is 6.92 Å². The average molecular weight is 415 g/mol. The van der Waals surface area contributed by atoms with E-state index in [0.717, 1.165) is 11.1 Å². The Labute approximate surface area is 161 Å². The van der Waals surface area contributed by atoms with Crippen molar-refractivity contribution in [1.82, 2.24) is 5.48 Å². The molecule has 0 aliphatic carbocycles. The predicted octanol–water partition coefficient (Wildman–Crippen LogP) is 2.22. The van der Waals surface area contributed by atoms with Crippen molar-refractivity contribution in [3.63, 3.8) is 0 Å². The lowest BCUT2D eigenvalue weighted by Crippen LogP contribution is -2.27. The predicted molar refractivity (Wildman–Crippen MR) is 103 cm³/mol. The zero-order valence-electron chi connectivity index (χ0n) is 14.5. The Balaban J connectivity index is 0.000000289. The van der Waals surface area contributed by atoms with Gasteiger partial charge in [-0.25, -0.2) is 5.48 Å². The largest absolute Gasteiger partial charge is 0.495 e. The lowest BCUT2D eigenvalue weighted by molar-refractivity contribution is 0.232. The van der Waals surface area contributed by atoms with Gasteiger partial charge in [-0.05, 0) is 42.8 Å². The molecule has 5 N–H and O–H groups in total. The molecule has 0 spiro atoms. The van der Waals surface area contributed by atoms with Crippen molar-refractivity contribution in [3.05, 3.63) is 58.6 Å². The molecule has 0 bridgehead atoms. The molecule has 0 amide bonds. The number of rotatable bonds is 4. The van der Waals surface area contributed by atoms with Crippen molar-refractivity contribution in [2.24, 2.45) is 15.9 Å². The molecule has 0 heterocycles. The van der Waals surface area contributed by atoms with Crippen LogP contribution in [0.4, 0.5) is 0 Å². The van der Waals surface area contributed by atoms with Crippen molar-refractivity contribution in [2.45, 2.75) is 11.8 Å². The van der Waals surface area contributed by atoms with Crippen LogP contribution in [-0.2, 0) is 10.1 Å². The Morgan fingerprint density at radius 3 is 2.37 bits per heavy atom. The van der Waals surface area contributed by atoms with Crippen molar-refractivity contribution in [1.29, 1.82) is 0 Å². The number of nitrogens with zero attached hydrogens (tertiary/aromatic N) is 2. The zero-order chi connectivity index (χ0) is 20.4. The van der Waals surface area contributed by atoms with Gasteiger partial charge in [0.2, 0.25) is 5.96 Å². The maximum absolute atomic E-state index is 10.5. The van der Waals surface area contributed by atoms with Gasteiger partial charge < -0.3 is 10.5 Å². The number of hydroxylamine groups is 1. The Morgan fingerprint density at radius 1 is 1.26 bits per heavy atom. The van der Waals surface area contributed by atoms with Crippen molar-refractivity contribution < 1.29 is 22.9 Å². The Morgan fingerprint density at radius 2 is 1.89 bits per heavy atom. The van der Waals surface area contributed by atoms with Gasteiger partial charge in [0, 0.05) is 0 Å². The first-order valence-electron chi connectivity index (χ1n) is 7.31. The van der Waals surface area contributed by atoms with Crippen LogP contribution in [0.25, 0.3) is 0 Å². The quantitative estimate of drug-likeness (QED) is 0.259. The monoisotopic (exact) mass is 414 g/mol. The van der Waals surface area contributed by atoms with Gasteiger partial charge in [0.05, 0.1) is 23.2 Å². The molecule has 0 radical (unpaired) electrons. The number of methoxy groups -OCH3 is 1. The SMILES string of the molecule is COc1ccc(/C=N/N=C(\N)NO)cc1Cl.Cc1ccc(S(=O)(=O)O)cc1. The summed E-state index contributed by atoms with van der Waals surface area (Å²) in [4.78, 5) is -0.0666. The minimum Gasteiger partial charge on any atom is -0.495 e. The number of nitrogens with one attached hydrogen (secondary N) is 1. The van der Waals surface area contributed by atoms with Crippen molar-refractivity contribution in [2.75, 3.05) is 7.11 Å². The second kappa shape index (κ2) is 10.5. The Hall–Kier alpha value is -2.66. The molecule has 9 nitrogen and oxygen atoms in total. The lowest BCUT2D eigenvalue weighted by atomic mass is 10.2. The van der Waals surface area contributed by atoms with Crippen LogP contribution in [0, 0.1) is 6.92 Å². The first-order valence-corrected chi connectivity index (χ1v) is 9.13. The highest BCUT2D eigenvalue weighted by molar-refractivity contribution is 7.85. The van der Waals surface area contributed by atoms with E-state index in [2.05, 4.69) is 10.2 Å². The smallest absolute Gasteiger partial charge is 0.294 e. The van der Waals surface area contributed by atoms with E-state index in [1.165, 1.54) is 25.5 Å². The summed E-state index contributed by atoms with van der Waals surface area (Å²) < 4.78 is 34.5. The van der Waals surface area contributed by atoms with Crippen LogP contribution in [-0.4, -0.2) is 37.5 Å². The fourth-order valence-corrected chi connectivity index (χ4v) is 2.40. The van der Waals surface area contributed by atoms with Crippen molar-refractivity contribution in [3.8, 4) is 5.75 Å². The molecule has 0 aliphatic rings. The van der Waals surface area contributed by atoms with Gasteiger partial charge in [0.25, 0.3) is 10.1 Å². The number of hydrogen-bond donors (Lipinski definition) is 4. The Bertz CT molecular complexity index is 915. The van der Waals surface area contributed by atoms with Gasteiger partial charge in [-0.3, -0.25) is 9.76 Å². The number of aryl methyl sites for hydroxylation is 1. The number of guanidine groups is 1. The molecular formula is C16H19ClN4O5S. The molecule has 0 saturated carbocycles. The van der Waals surface area contributed by atoms with E-state index >= 15 is 0 Å². The van der Waals surface area contributed by atoms with Crippen molar-refractivity contribution >= 4 is 33.9 Å². The molecule has 2 aromatic rings. The topological polar surface area (TPSA) is 147 Å². The minimum absolute atomic E-state index is 0.0666. The number of ether oxygens (including phenoxy) is 1. The highest BCUT2D eigenvalue weighted by Crippen LogP contribution is 2.24. The summed E-state index contributed by atoms with van der Waals surface area (Å²) in [6.07, 6.45) is 1.44. The second-order valence-corrected chi connectivity index (χ2v) is 6.85. The van der Waals surface area contributed by atoms with Crippen LogP contribution in [0.3, 0.4) is 0 Å². The van der Waals surface area contributed by atoms with Crippen LogP contribution in [0.15, 0.2) is 57.6 Å². The highest BCUT2D eigenvalue weighted by atomic mass is 35.5. The van der Waals surface area contributed by atoms with E-state index in [-0.39, 0.29) is 10.9 Å². The molecule has 0 fully saturated rings. The number of benzene rings is 2. The van der Waals surface area contributed by atoms with Gasteiger partial charge in [-0.15, -0.1) is 5.10 Å². The molecule has 0 aromatic heterocycles. The molecule has 0 aliphatic heterocycles. The first-order chi connectivity index (χ1) is 12.7. The molecule has 0 unspecified atom stereocenters. The number of nitrogens with two attached hydrogens (primary N) is 1. The van der Waals surface area contributed by atoms with Gasteiger partial charge in [-0.2, -0.15) is 13.5 Å². The fraction of sp³-hybridized carbons (Fsp3) is 0.125. The lowest BCUT2D eigenvalue weighted by Gasteiger charge is -2.02. The molecule has 2 aromatic carbocycles. The van der Waals surface area contributed by atoms with Gasteiger partial charge >= 0.3 is 0 Å². The molecule has 27 heavy (non-hydrogen) atoms. The zero-order valence-corrected chi connectivity index (χ0v) is 16.1. The molecule has 0 atom stereocenters. The summed E-state index contributed by atoms with van der Waals surface area (Å²) in [6, 6.07) is 11.1. The Kier molecular flexibility index (Phi) is 8.69. The third-order valence-electron chi connectivity index (χ3n) is 2.98. The van der Waals surface area contributed by atoms with Gasteiger partial charge in [0.15, 0.2) is 0 Å². The minimum atomic E-state index is -4.02. The number of halogens is 1. The van der Waals surface area contributed by atoms with Crippen LogP contribution in [0.2, 0.25) is 5.02 Å². The van der Waals surface area contributed by atoms with Gasteiger partial charge in [-0.1, -0.05) is 29.3 Å². The highest BCUT2D eigenvalue weighted by Gasteiger charge is 2.06. The van der Waals surface area contributed by atoms with Crippen LogP contribution in [0.5, 0.6) is 5.75 Å². The third kappa shape index (κ3) is 8.05. The summed E-state index contributed by atoms with van der Waals surface area (Å²) in [7, 11) is -2.48. The maximum atomic E-state index is 10.5.